The van der Waals surface area contributed by atoms with Crippen molar-refractivity contribution in [2.45, 2.75) is 51.3 Å². The average Bonchev–Trinajstić information content (AvgIpc) is 3.30. The van der Waals surface area contributed by atoms with Gasteiger partial charge in [-0.25, -0.2) is 0 Å². The lowest BCUT2D eigenvalue weighted by molar-refractivity contribution is 0.00525. The smallest absolute Gasteiger partial charge is 0.161 e. The quantitative estimate of drug-likeness (QED) is 0.759. The molecule has 1 N–H and O–H groups in total. The fourth-order valence-electron chi connectivity index (χ4n) is 2.00. The van der Waals surface area contributed by atoms with E-state index in [1.54, 1.807) is 14.2 Å². The second kappa shape index (κ2) is 7.14. The van der Waals surface area contributed by atoms with Gasteiger partial charge in [-0.15, -0.1) is 0 Å². The standard InChI is InChI=1S/C17H27NO3/c1-17(2,20-4)9-10-21-15-8-5-13(11-16(15)19-3)12-18-14-6-7-14/h5,8,11,14,18H,6-7,9-10,12H2,1-4H3. The Bertz CT molecular complexity index is 455. The second-order valence-corrected chi connectivity index (χ2v) is 6.20. The average molecular weight is 293 g/mol. The van der Waals surface area contributed by atoms with Gasteiger partial charge in [0.25, 0.3) is 0 Å². The summed E-state index contributed by atoms with van der Waals surface area (Å²) >= 11 is 0. The molecule has 0 spiro atoms. The first-order valence-electron chi connectivity index (χ1n) is 7.62. The van der Waals surface area contributed by atoms with Gasteiger partial charge < -0.3 is 19.5 Å². The van der Waals surface area contributed by atoms with E-state index in [9.17, 15) is 0 Å². The first-order valence-corrected chi connectivity index (χ1v) is 7.62. The molecule has 21 heavy (non-hydrogen) atoms. The van der Waals surface area contributed by atoms with Gasteiger partial charge in [-0.2, -0.15) is 0 Å². The van der Waals surface area contributed by atoms with E-state index in [1.807, 2.05) is 12.1 Å². The first kappa shape index (κ1) is 16.1. The molecule has 1 aromatic rings. The summed E-state index contributed by atoms with van der Waals surface area (Å²) < 4.78 is 16.7. The summed E-state index contributed by atoms with van der Waals surface area (Å²) in [5.41, 5.74) is 1.06. The van der Waals surface area contributed by atoms with Crippen molar-refractivity contribution < 1.29 is 14.2 Å². The highest BCUT2D eigenvalue weighted by Gasteiger charge is 2.20. The summed E-state index contributed by atoms with van der Waals surface area (Å²) in [5, 5.41) is 3.50. The van der Waals surface area contributed by atoms with Crippen LogP contribution in [0.5, 0.6) is 11.5 Å². The largest absolute Gasteiger partial charge is 0.493 e. The van der Waals surface area contributed by atoms with Gasteiger partial charge in [0.2, 0.25) is 0 Å². The molecule has 4 nitrogen and oxygen atoms in total. The Hall–Kier alpha value is -1.26. The van der Waals surface area contributed by atoms with E-state index < -0.39 is 0 Å². The van der Waals surface area contributed by atoms with Crippen molar-refractivity contribution in [1.82, 2.24) is 5.32 Å². The Morgan fingerprint density at radius 3 is 2.57 bits per heavy atom. The van der Waals surface area contributed by atoms with Crippen molar-refractivity contribution in [2.75, 3.05) is 20.8 Å². The van der Waals surface area contributed by atoms with Crippen LogP contribution in [0.15, 0.2) is 18.2 Å². The molecular formula is C17H27NO3. The van der Waals surface area contributed by atoms with Crippen LogP contribution >= 0.6 is 0 Å². The number of benzene rings is 1. The monoisotopic (exact) mass is 293 g/mol. The number of rotatable bonds is 9. The van der Waals surface area contributed by atoms with Crippen molar-refractivity contribution in [3.63, 3.8) is 0 Å². The summed E-state index contributed by atoms with van der Waals surface area (Å²) in [4.78, 5) is 0. The van der Waals surface area contributed by atoms with Crippen molar-refractivity contribution in [2.24, 2.45) is 0 Å². The van der Waals surface area contributed by atoms with E-state index in [0.717, 1.165) is 24.5 Å². The van der Waals surface area contributed by atoms with Gasteiger partial charge in [-0.05, 0) is 44.4 Å². The zero-order valence-corrected chi connectivity index (χ0v) is 13.6. The van der Waals surface area contributed by atoms with Gasteiger partial charge in [0.15, 0.2) is 11.5 Å². The van der Waals surface area contributed by atoms with Crippen LogP contribution < -0.4 is 14.8 Å². The SMILES string of the molecule is COc1cc(CNC2CC2)ccc1OCCC(C)(C)OC. The minimum Gasteiger partial charge on any atom is -0.493 e. The van der Waals surface area contributed by atoms with Crippen LogP contribution in [0.1, 0.15) is 38.7 Å². The van der Waals surface area contributed by atoms with E-state index >= 15 is 0 Å². The number of hydrogen-bond donors (Lipinski definition) is 1. The first-order chi connectivity index (χ1) is 10.0. The summed E-state index contributed by atoms with van der Waals surface area (Å²) in [5.74, 6) is 1.58. The third kappa shape index (κ3) is 5.21. The molecular weight excluding hydrogens is 266 g/mol. The van der Waals surface area contributed by atoms with Crippen LogP contribution in [0.4, 0.5) is 0 Å². The predicted octanol–water partition coefficient (Wildman–Crippen LogP) is 3.14. The maximum atomic E-state index is 5.83. The van der Waals surface area contributed by atoms with Crippen molar-refractivity contribution in [3.8, 4) is 11.5 Å². The maximum absolute atomic E-state index is 5.83. The molecule has 2 rings (SSSR count). The maximum Gasteiger partial charge on any atom is 0.161 e. The topological polar surface area (TPSA) is 39.7 Å². The summed E-state index contributed by atoms with van der Waals surface area (Å²) in [6, 6.07) is 6.84. The molecule has 0 amide bonds. The third-order valence-corrected chi connectivity index (χ3v) is 3.91. The third-order valence-electron chi connectivity index (χ3n) is 3.91. The minimum atomic E-state index is -0.165. The summed E-state index contributed by atoms with van der Waals surface area (Å²) in [6.45, 7) is 5.61. The molecule has 0 radical (unpaired) electrons. The van der Waals surface area contributed by atoms with Crippen LogP contribution in [0.2, 0.25) is 0 Å². The van der Waals surface area contributed by atoms with Crippen molar-refractivity contribution >= 4 is 0 Å². The van der Waals surface area contributed by atoms with E-state index in [0.29, 0.717) is 12.6 Å². The van der Waals surface area contributed by atoms with Crippen molar-refractivity contribution in [1.29, 1.82) is 0 Å². The van der Waals surface area contributed by atoms with Crippen LogP contribution in [-0.4, -0.2) is 32.5 Å². The predicted molar refractivity (Wildman–Crippen MR) is 84.1 cm³/mol. The van der Waals surface area contributed by atoms with Gasteiger partial charge in [0, 0.05) is 26.1 Å². The number of hydrogen-bond acceptors (Lipinski definition) is 4. The number of methoxy groups -OCH3 is 2. The van der Waals surface area contributed by atoms with Gasteiger partial charge in [-0.3, -0.25) is 0 Å². The molecule has 0 saturated heterocycles. The van der Waals surface area contributed by atoms with E-state index in [4.69, 9.17) is 14.2 Å². The molecule has 1 saturated carbocycles. The molecule has 1 aromatic carbocycles. The number of ether oxygens (including phenoxy) is 3. The molecule has 1 aliphatic rings. The zero-order chi connectivity index (χ0) is 15.3. The van der Waals surface area contributed by atoms with Gasteiger partial charge in [0.1, 0.15) is 0 Å². The summed E-state index contributed by atoms with van der Waals surface area (Å²) in [7, 11) is 3.40. The molecule has 0 unspecified atom stereocenters. The van der Waals surface area contributed by atoms with Crippen LogP contribution in [-0.2, 0) is 11.3 Å². The molecule has 0 bridgehead atoms. The van der Waals surface area contributed by atoms with Crippen molar-refractivity contribution in [3.05, 3.63) is 23.8 Å². The molecule has 0 atom stereocenters. The molecule has 1 aliphatic carbocycles. The van der Waals surface area contributed by atoms with Gasteiger partial charge in [0.05, 0.1) is 19.3 Å². The molecule has 0 aliphatic heterocycles. The van der Waals surface area contributed by atoms with Crippen LogP contribution in [0.3, 0.4) is 0 Å². The molecule has 0 heterocycles. The van der Waals surface area contributed by atoms with Gasteiger partial charge >= 0.3 is 0 Å². The number of nitrogens with one attached hydrogen (secondary N) is 1. The fraction of sp³-hybridized carbons (Fsp3) is 0.647. The Labute approximate surface area is 127 Å². The van der Waals surface area contributed by atoms with E-state index in [-0.39, 0.29) is 5.60 Å². The van der Waals surface area contributed by atoms with Crippen LogP contribution in [0.25, 0.3) is 0 Å². The lowest BCUT2D eigenvalue weighted by Gasteiger charge is -2.23. The Kier molecular flexibility index (Phi) is 5.48. The highest BCUT2D eigenvalue weighted by Crippen LogP contribution is 2.29. The molecule has 0 aromatic heterocycles. The normalized spacial score (nSPS) is 15.0. The second-order valence-electron chi connectivity index (χ2n) is 6.20. The zero-order valence-electron chi connectivity index (χ0n) is 13.6. The van der Waals surface area contributed by atoms with E-state index in [1.165, 1.54) is 18.4 Å². The lowest BCUT2D eigenvalue weighted by Crippen LogP contribution is -2.25. The minimum absolute atomic E-state index is 0.165. The highest BCUT2D eigenvalue weighted by atomic mass is 16.5. The van der Waals surface area contributed by atoms with Gasteiger partial charge in [-0.1, -0.05) is 6.07 Å². The highest BCUT2D eigenvalue weighted by molar-refractivity contribution is 5.43. The lowest BCUT2D eigenvalue weighted by atomic mass is 10.1. The van der Waals surface area contributed by atoms with E-state index in [2.05, 4.69) is 25.2 Å². The van der Waals surface area contributed by atoms with Crippen LogP contribution in [0, 0.1) is 0 Å². The summed E-state index contributed by atoms with van der Waals surface area (Å²) in [6.07, 6.45) is 3.43. The Morgan fingerprint density at radius 1 is 1.19 bits per heavy atom. The Morgan fingerprint density at radius 2 is 1.95 bits per heavy atom. The molecule has 118 valence electrons. The fourth-order valence-corrected chi connectivity index (χ4v) is 2.00. The molecule has 4 heteroatoms. The molecule has 1 fully saturated rings. The Balaban J connectivity index is 1.89.